The second-order valence-corrected chi connectivity index (χ2v) is 7.89. The molecule has 0 unspecified atom stereocenters. The molecule has 3 heterocycles. The Morgan fingerprint density at radius 3 is 2.71 bits per heavy atom. The number of benzene rings is 2. The molecule has 1 fully saturated rings. The van der Waals surface area contributed by atoms with Gasteiger partial charge in [-0.1, -0.05) is 41.6 Å². The van der Waals surface area contributed by atoms with E-state index in [9.17, 15) is 4.79 Å². The summed E-state index contributed by atoms with van der Waals surface area (Å²) in [6.07, 6.45) is 1.90. The van der Waals surface area contributed by atoms with Crippen LogP contribution in [0.5, 0.6) is 5.75 Å². The molecule has 4 aromatic rings. The number of para-hydroxylation sites is 1. The molecule has 0 N–H and O–H groups in total. The Morgan fingerprint density at radius 1 is 1.11 bits per heavy atom. The molecule has 0 saturated carbocycles. The van der Waals surface area contributed by atoms with Crippen molar-refractivity contribution in [2.45, 2.75) is 12.6 Å². The Balaban J connectivity index is 1.19. The minimum atomic E-state index is 0.0881. The van der Waals surface area contributed by atoms with Gasteiger partial charge < -0.3 is 9.64 Å². The lowest BCUT2D eigenvalue weighted by molar-refractivity contribution is 0.0503. The van der Waals surface area contributed by atoms with Crippen molar-refractivity contribution in [2.75, 3.05) is 13.1 Å². The van der Waals surface area contributed by atoms with Gasteiger partial charge in [0.25, 0.3) is 5.91 Å². The Kier molecular flexibility index (Phi) is 4.29. The summed E-state index contributed by atoms with van der Waals surface area (Å²) in [7, 11) is 0. The van der Waals surface area contributed by atoms with Crippen LogP contribution in [0.4, 0.5) is 0 Å². The normalized spacial score (nSPS) is 14.2. The van der Waals surface area contributed by atoms with E-state index in [2.05, 4.69) is 10.3 Å². The number of carbonyl (C=O) groups is 1. The molecule has 7 heteroatoms. The van der Waals surface area contributed by atoms with E-state index < -0.39 is 0 Å². The van der Waals surface area contributed by atoms with E-state index >= 15 is 0 Å². The molecule has 1 aliphatic heterocycles. The van der Waals surface area contributed by atoms with Crippen LogP contribution in [0.2, 0.25) is 0 Å². The summed E-state index contributed by atoms with van der Waals surface area (Å²) in [5.41, 5.74) is 0.776. The molecule has 1 aliphatic rings. The average Bonchev–Trinajstić information content (AvgIpc) is 3.33. The molecule has 0 spiro atoms. The first-order valence-electron chi connectivity index (χ1n) is 9.13. The standard InChI is InChI=1S/C21H18N4O2S/c26-21(20-10-15-6-4-5-9-19(15)28-20)24-12-17(13-24)25-11-16(22-23-25)14-27-18-7-2-1-3-8-18/h1-11,17H,12-14H2. The molecule has 0 aliphatic carbocycles. The Bertz CT molecular complexity index is 1080. The Labute approximate surface area is 166 Å². The second-order valence-electron chi connectivity index (χ2n) is 6.80. The first kappa shape index (κ1) is 16.9. The predicted octanol–water partition coefficient (Wildman–Crippen LogP) is 3.77. The third kappa shape index (κ3) is 3.25. The number of amides is 1. The zero-order chi connectivity index (χ0) is 18.9. The van der Waals surface area contributed by atoms with E-state index in [4.69, 9.17) is 4.74 Å². The molecule has 6 nitrogen and oxygen atoms in total. The van der Waals surface area contributed by atoms with E-state index in [1.807, 2.05) is 76.4 Å². The van der Waals surface area contributed by atoms with Crippen LogP contribution < -0.4 is 4.74 Å². The molecule has 2 aromatic heterocycles. The van der Waals surface area contributed by atoms with Gasteiger partial charge in [-0.2, -0.15) is 0 Å². The molecule has 0 radical (unpaired) electrons. The Hall–Kier alpha value is -3.19. The van der Waals surface area contributed by atoms with Gasteiger partial charge in [-0.05, 0) is 29.7 Å². The van der Waals surface area contributed by atoms with Gasteiger partial charge in [0.2, 0.25) is 0 Å². The van der Waals surface area contributed by atoms with Gasteiger partial charge in [-0.3, -0.25) is 4.79 Å². The average molecular weight is 390 g/mol. The maximum atomic E-state index is 12.7. The first-order valence-corrected chi connectivity index (χ1v) is 9.94. The number of hydrogen-bond acceptors (Lipinski definition) is 5. The fraction of sp³-hybridized carbons (Fsp3) is 0.190. The van der Waals surface area contributed by atoms with Crippen LogP contribution in [0.3, 0.4) is 0 Å². The lowest BCUT2D eigenvalue weighted by atomic mass is 10.1. The van der Waals surface area contributed by atoms with Gasteiger partial charge in [0, 0.05) is 17.8 Å². The van der Waals surface area contributed by atoms with Crippen LogP contribution in [0.1, 0.15) is 21.4 Å². The van der Waals surface area contributed by atoms with Gasteiger partial charge in [0.15, 0.2) is 0 Å². The number of hydrogen-bond donors (Lipinski definition) is 0. The number of aromatic nitrogens is 3. The highest BCUT2D eigenvalue weighted by Gasteiger charge is 2.34. The van der Waals surface area contributed by atoms with Crippen LogP contribution in [-0.4, -0.2) is 38.9 Å². The third-order valence-corrected chi connectivity index (χ3v) is 5.95. The maximum absolute atomic E-state index is 12.7. The van der Waals surface area contributed by atoms with E-state index in [0.717, 1.165) is 26.4 Å². The van der Waals surface area contributed by atoms with Crippen LogP contribution in [0, 0.1) is 0 Å². The van der Waals surface area contributed by atoms with Crippen molar-refractivity contribution in [3.8, 4) is 5.75 Å². The Morgan fingerprint density at radius 2 is 1.89 bits per heavy atom. The summed E-state index contributed by atoms with van der Waals surface area (Å²) in [4.78, 5) is 15.4. The molecule has 2 aromatic carbocycles. The summed E-state index contributed by atoms with van der Waals surface area (Å²) < 4.78 is 8.68. The molecule has 1 amide bonds. The minimum Gasteiger partial charge on any atom is -0.487 e. The molecular weight excluding hydrogens is 372 g/mol. The van der Waals surface area contributed by atoms with Crippen molar-refractivity contribution < 1.29 is 9.53 Å². The summed E-state index contributed by atoms with van der Waals surface area (Å²) in [5, 5.41) is 9.50. The second kappa shape index (κ2) is 7.09. The largest absolute Gasteiger partial charge is 0.487 e. The van der Waals surface area contributed by atoms with Crippen molar-refractivity contribution in [1.82, 2.24) is 19.9 Å². The quantitative estimate of drug-likeness (QED) is 0.520. The monoisotopic (exact) mass is 390 g/mol. The van der Waals surface area contributed by atoms with E-state index in [0.29, 0.717) is 19.7 Å². The van der Waals surface area contributed by atoms with Crippen LogP contribution in [0.15, 0.2) is 66.9 Å². The highest BCUT2D eigenvalue weighted by atomic mass is 32.1. The fourth-order valence-corrected chi connectivity index (χ4v) is 4.29. The smallest absolute Gasteiger partial charge is 0.264 e. The third-order valence-electron chi connectivity index (χ3n) is 4.85. The number of likely N-dealkylation sites (tertiary alicyclic amines) is 1. The lowest BCUT2D eigenvalue weighted by Crippen LogP contribution is -2.50. The zero-order valence-corrected chi connectivity index (χ0v) is 15.9. The SMILES string of the molecule is O=C(c1cc2ccccc2s1)N1CC(n2cc(COc3ccccc3)nn2)C1. The minimum absolute atomic E-state index is 0.0881. The van der Waals surface area contributed by atoms with Crippen molar-refractivity contribution in [2.24, 2.45) is 0 Å². The number of nitrogens with zero attached hydrogens (tertiary/aromatic N) is 4. The molecular formula is C21H18N4O2S. The maximum Gasteiger partial charge on any atom is 0.264 e. The van der Waals surface area contributed by atoms with Gasteiger partial charge in [0.05, 0.1) is 17.1 Å². The number of carbonyl (C=O) groups excluding carboxylic acids is 1. The van der Waals surface area contributed by atoms with Gasteiger partial charge >= 0.3 is 0 Å². The highest BCUT2D eigenvalue weighted by molar-refractivity contribution is 7.20. The number of rotatable bonds is 5. The molecule has 140 valence electrons. The summed E-state index contributed by atoms with van der Waals surface area (Å²) in [5.74, 6) is 0.894. The van der Waals surface area contributed by atoms with Crippen molar-refractivity contribution in [1.29, 1.82) is 0 Å². The molecule has 28 heavy (non-hydrogen) atoms. The molecule has 0 atom stereocenters. The predicted molar refractivity (Wildman–Crippen MR) is 108 cm³/mol. The van der Waals surface area contributed by atoms with Crippen LogP contribution >= 0.6 is 11.3 Å². The first-order chi connectivity index (χ1) is 13.8. The molecule has 0 bridgehead atoms. The van der Waals surface area contributed by atoms with E-state index in [-0.39, 0.29) is 11.9 Å². The van der Waals surface area contributed by atoms with Crippen molar-refractivity contribution >= 4 is 27.3 Å². The lowest BCUT2D eigenvalue weighted by Gasteiger charge is -2.38. The van der Waals surface area contributed by atoms with Crippen molar-refractivity contribution in [3.63, 3.8) is 0 Å². The fourth-order valence-electron chi connectivity index (χ4n) is 3.26. The topological polar surface area (TPSA) is 60.2 Å². The number of ether oxygens (including phenoxy) is 1. The van der Waals surface area contributed by atoms with E-state index in [1.54, 1.807) is 11.3 Å². The van der Waals surface area contributed by atoms with Gasteiger partial charge in [-0.25, -0.2) is 4.68 Å². The zero-order valence-electron chi connectivity index (χ0n) is 15.1. The van der Waals surface area contributed by atoms with Crippen LogP contribution in [0.25, 0.3) is 10.1 Å². The number of thiophene rings is 1. The van der Waals surface area contributed by atoms with E-state index in [1.165, 1.54) is 0 Å². The summed E-state index contributed by atoms with van der Waals surface area (Å²) >= 11 is 1.55. The van der Waals surface area contributed by atoms with Gasteiger partial charge in [0.1, 0.15) is 18.1 Å². The molecule has 5 rings (SSSR count). The number of fused-ring (bicyclic) bond motifs is 1. The van der Waals surface area contributed by atoms with Crippen molar-refractivity contribution in [3.05, 3.63) is 77.4 Å². The van der Waals surface area contributed by atoms with Gasteiger partial charge in [-0.15, -0.1) is 16.4 Å². The summed E-state index contributed by atoms with van der Waals surface area (Å²) in [6.45, 7) is 1.67. The summed E-state index contributed by atoms with van der Waals surface area (Å²) in [6, 6.07) is 19.9. The van der Waals surface area contributed by atoms with Crippen LogP contribution in [-0.2, 0) is 6.61 Å². The highest BCUT2D eigenvalue weighted by Crippen LogP contribution is 2.29. The molecule has 1 saturated heterocycles.